The molecular formula is C10H19N. The molecule has 0 N–H and O–H groups in total. The van der Waals surface area contributed by atoms with E-state index in [-0.39, 0.29) is 5.54 Å². The lowest BCUT2D eigenvalue weighted by Gasteiger charge is -2.37. The van der Waals surface area contributed by atoms with Gasteiger partial charge < -0.3 is 0 Å². The molecule has 1 heterocycles. The molecule has 0 bridgehead atoms. The van der Waals surface area contributed by atoms with Gasteiger partial charge in [-0.05, 0) is 40.7 Å². The van der Waals surface area contributed by atoms with Crippen molar-refractivity contribution in [1.82, 2.24) is 4.90 Å². The van der Waals surface area contributed by atoms with Crippen LogP contribution in [0.15, 0.2) is 12.7 Å². The number of hydrogen-bond donors (Lipinski definition) is 0. The standard InChI is InChI=1S/C10H19N/c1-6-10(4)8-7-9(2,3)11(10)5/h6H,1,7-8H2,2-5H3. The van der Waals surface area contributed by atoms with Crippen molar-refractivity contribution in [1.29, 1.82) is 0 Å². The second-order valence-electron chi connectivity index (χ2n) is 4.43. The maximum atomic E-state index is 3.89. The van der Waals surface area contributed by atoms with Crippen molar-refractivity contribution in [2.75, 3.05) is 7.05 Å². The monoisotopic (exact) mass is 153 g/mol. The third-order valence-electron chi connectivity index (χ3n) is 3.36. The molecule has 1 aliphatic rings. The lowest BCUT2D eigenvalue weighted by atomic mass is 9.99. The molecule has 0 aromatic rings. The van der Waals surface area contributed by atoms with Gasteiger partial charge in [0, 0.05) is 11.1 Å². The predicted octanol–water partition coefficient (Wildman–Crippen LogP) is 2.44. The minimum Gasteiger partial charge on any atom is -0.292 e. The van der Waals surface area contributed by atoms with E-state index in [1.54, 1.807) is 0 Å². The minimum atomic E-state index is 0.226. The molecule has 0 spiro atoms. The fourth-order valence-corrected chi connectivity index (χ4v) is 1.82. The lowest BCUT2D eigenvalue weighted by Crippen LogP contribution is -2.45. The molecule has 1 saturated heterocycles. The van der Waals surface area contributed by atoms with Crippen molar-refractivity contribution >= 4 is 0 Å². The highest BCUT2D eigenvalue weighted by molar-refractivity contribution is 5.09. The topological polar surface area (TPSA) is 3.24 Å². The molecule has 1 heteroatoms. The van der Waals surface area contributed by atoms with Gasteiger partial charge in [0.25, 0.3) is 0 Å². The molecule has 1 unspecified atom stereocenters. The molecule has 0 saturated carbocycles. The number of nitrogens with zero attached hydrogens (tertiary/aromatic N) is 1. The van der Waals surface area contributed by atoms with Gasteiger partial charge in [-0.1, -0.05) is 6.08 Å². The van der Waals surface area contributed by atoms with Crippen LogP contribution in [0.1, 0.15) is 33.6 Å². The molecule has 1 aliphatic heterocycles. The summed E-state index contributed by atoms with van der Waals surface area (Å²) in [6.45, 7) is 10.7. The first kappa shape index (κ1) is 8.79. The maximum Gasteiger partial charge on any atom is 0.0363 e. The van der Waals surface area contributed by atoms with Crippen LogP contribution in [0.25, 0.3) is 0 Å². The van der Waals surface area contributed by atoms with Crippen LogP contribution in [0.5, 0.6) is 0 Å². The third kappa shape index (κ3) is 1.22. The summed E-state index contributed by atoms with van der Waals surface area (Å²) in [5.41, 5.74) is 0.576. The zero-order chi connectivity index (χ0) is 8.70. The molecular weight excluding hydrogens is 134 g/mol. The largest absolute Gasteiger partial charge is 0.292 e. The lowest BCUT2D eigenvalue weighted by molar-refractivity contribution is 0.135. The van der Waals surface area contributed by atoms with E-state index in [4.69, 9.17) is 0 Å². The summed E-state index contributed by atoms with van der Waals surface area (Å²) >= 11 is 0. The molecule has 0 radical (unpaired) electrons. The zero-order valence-electron chi connectivity index (χ0n) is 8.15. The van der Waals surface area contributed by atoms with E-state index < -0.39 is 0 Å². The van der Waals surface area contributed by atoms with Crippen molar-refractivity contribution in [2.45, 2.75) is 44.7 Å². The minimum absolute atomic E-state index is 0.226. The second kappa shape index (κ2) is 2.34. The van der Waals surface area contributed by atoms with E-state index in [0.29, 0.717) is 5.54 Å². The van der Waals surface area contributed by atoms with Crippen LogP contribution in [0.3, 0.4) is 0 Å². The first-order valence-electron chi connectivity index (χ1n) is 4.30. The molecule has 1 atom stereocenters. The molecule has 1 nitrogen and oxygen atoms in total. The van der Waals surface area contributed by atoms with E-state index in [1.165, 1.54) is 12.8 Å². The Balaban J connectivity index is 2.86. The number of likely N-dealkylation sites (tertiary alicyclic amines) is 1. The van der Waals surface area contributed by atoms with Crippen LogP contribution in [-0.2, 0) is 0 Å². The Bertz CT molecular complexity index is 172. The summed E-state index contributed by atoms with van der Waals surface area (Å²) in [4.78, 5) is 2.42. The van der Waals surface area contributed by atoms with E-state index in [0.717, 1.165) is 0 Å². The van der Waals surface area contributed by atoms with E-state index in [1.807, 2.05) is 0 Å². The van der Waals surface area contributed by atoms with Gasteiger partial charge in [-0.15, -0.1) is 6.58 Å². The van der Waals surface area contributed by atoms with Crippen LogP contribution in [0.4, 0.5) is 0 Å². The molecule has 0 aliphatic carbocycles. The van der Waals surface area contributed by atoms with Gasteiger partial charge >= 0.3 is 0 Å². The Kier molecular flexibility index (Phi) is 1.87. The summed E-state index contributed by atoms with van der Waals surface area (Å²) in [7, 11) is 2.19. The first-order valence-corrected chi connectivity index (χ1v) is 4.30. The van der Waals surface area contributed by atoms with Crippen molar-refractivity contribution in [3.8, 4) is 0 Å². The van der Waals surface area contributed by atoms with Gasteiger partial charge in [0.1, 0.15) is 0 Å². The maximum absolute atomic E-state index is 3.89. The van der Waals surface area contributed by atoms with Crippen LogP contribution >= 0.6 is 0 Å². The third-order valence-corrected chi connectivity index (χ3v) is 3.36. The summed E-state index contributed by atoms with van der Waals surface area (Å²) in [5, 5.41) is 0. The molecule has 1 fully saturated rings. The van der Waals surface area contributed by atoms with Gasteiger partial charge in [-0.2, -0.15) is 0 Å². The molecule has 1 rings (SSSR count). The van der Waals surface area contributed by atoms with Gasteiger partial charge in [0.2, 0.25) is 0 Å². The van der Waals surface area contributed by atoms with Crippen molar-refractivity contribution in [3.05, 3.63) is 12.7 Å². The molecule has 0 amide bonds. The summed E-state index contributed by atoms with van der Waals surface area (Å²) < 4.78 is 0. The molecule has 11 heavy (non-hydrogen) atoms. The Morgan fingerprint density at radius 1 is 1.27 bits per heavy atom. The molecule has 0 aromatic heterocycles. The highest BCUT2D eigenvalue weighted by atomic mass is 15.2. The average molecular weight is 153 g/mol. The number of rotatable bonds is 1. The number of likely N-dealkylation sites (N-methyl/N-ethyl adjacent to an activating group) is 1. The fraction of sp³-hybridized carbons (Fsp3) is 0.800. The van der Waals surface area contributed by atoms with Crippen LogP contribution < -0.4 is 0 Å². The molecule has 64 valence electrons. The van der Waals surface area contributed by atoms with E-state index in [9.17, 15) is 0 Å². The second-order valence-corrected chi connectivity index (χ2v) is 4.43. The van der Waals surface area contributed by atoms with Gasteiger partial charge in [0.05, 0.1) is 0 Å². The normalized spacial score (nSPS) is 37.5. The Morgan fingerprint density at radius 3 is 2.00 bits per heavy atom. The summed E-state index contributed by atoms with van der Waals surface area (Å²) in [5.74, 6) is 0. The van der Waals surface area contributed by atoms with Crippen LogP contribution in [0, 0.1) is 0 Å². The van der Waals surface area contributed by atoms with E-state index in [2.05, 4.69) is 45.4 Å². The predicted molar refractivity (Wildman–Crippen MR) is 49.7 cm³/mol. The zero-order valence-corrected chi connectivity index (χ0v) is 8.15. The van der Waals surface area contributed by atoms with Gasteiger partial charge in [0.15, 0.2) is 0 Å². The quantitative estimate of drug-likeness (QED) is 0.523. The fourth-order valence-electron chi connectivity index (χ4n) is 1.82. The SMILES string of the molecule is C=CC1(C)CCC(C)(C)N1C. The Hall–Kier alpha value is -0.300. The van der Waals surface area contributed by atoms with Gasteiger partial charge in [-0.25, -0.2) is 0 Å². The Morgan fingerprint density at radius 2 is 1.82 bits per heavy atom. The van der Waals surface area contributed by atoms with Crippen LogP contribution in [-0.4, -0.2) is 23.0 Å². The number of hydrogen-bond acceptors (Lipinski definition) is 1. The van der Waals surface area contributed by atoms with E-state index >= 15 is 0 Å². The van der Waals surface area contributed by atoms with Crippen molar-refractivity contribution in [2.24, 2.45) is 0 Å². The summed E-state index contributed by atoms with van der Waals surface area (Å²) in [6, 6.07) is 0. The van der Waals surface area contributed by atoms with Gasteiger partial charge in [-0.3, -0.25) is 4.90 Å². The van der Waals surface area contributed by atoms with Crippen LogP contribution in [0.2, 0.25) is 0 Å². The van der Waals surface area contributed by atoms with Crippen molar-refractivity contribution in [3.63, 3.8) is 0 Å². The van der Waals surface area contributed by atoms with Crippen molar-refractivity contribution < 1.29 is 0 Å². The smallest absolute Gasteiger partial charge is 0.0363 e. The average Bonchev–Trinajstić information content (AvgIpc) is 2.16. The highest BCUT2D eigenvalue weighted by Gasteiger charge is 2.42. The summed E-state index contributed by atoms with van der Waals surface area (Å²) in [6.07, 6.45) is 4.58. The first-order chi connectivity index (χ1) is 4.92. The molecule has 0 aromatic carbocycles. The highest BCUT2D eigenvalue weighted by Crippen LogP contribution is 2.39. The Labute approximate surface area is 70.1 Å².